The molecule has 1 saturated carbocycles. The number of primary amides is 1. The lowest BCUT2D eigenvalue weighted by Crippen LogP contribution is -2.62. The highest BCUT2D eigenvalue weighted by atomic mass is 16.5. The first-order chi connectivity index (χ1) is 41.7. The topological polar surface area (TPSA) is 348 Å². The number of likely N-dealkylation sites (N-methyl/N-ethyl adjacent to an activating group) is 1. The summed E-state index contributed by atoms with van der Waals surface area (Å²) in [6, 6.07) is 9.95. The van der Waals surface area contributed by atoms with E-state index < -0.39 is 114 Å². The molecule has 2 aliphatic rings. The van der Waals surface area contributed by atoms with E-state index in [9.17, 15) is 48.3 Å². The third kappa shape index (κ3) is 22.6. The largest absolute Gasteiger partial charge is 0.445 e. The molecule has 1 saturated heterocycles. The second-order valence-electron chi connectivity index (χ2n) is 24.3. The number of rotatable bonds is 35. The van der Waals surface area contributed by atoms with Gasteiger partial charge in [0, 0.05) is 46.5 Å². The number of likely N-dealkylation sites (tertiary alicyclic amines) is 1. The van der Waals surface area contributed by atoms with Gasteiger partial charge in [-0.15, -0.1) is 0 Å². The zero-order valence-electron chi connectivity index (χ0n) is 53.4. The van der Waals surface area contributed by atoms with Crippen molar-refractivity contribution in [2.45, 2.75) is 193 Å². The number of nitrogens with two attached hydrogens (primary N) is 1. The minimum absolute atomic E-state index is 0.0203. The standard InChI is InChI=1S/C63H100N10O15/c1-38(2)51(69-49(75)30-34-87-35-33-74)58(80)68-46(24-18-31-65-61(64)83)57(79)67-45-28-26-42(27-29-45)37-88-62(84)71-63(7,8)60(82)70-52(39(3)4)59(81)72(9)53(43-20-14-12-15-21-43)48(85-10)36-50(76)73-32-19-25-47(73)55(86-11)40(5)56(78)66-41(6)54(77)44-22-16-13-17-23-44/h13,16-17,22-23,26-29,38-41,43,46-48,51-55,74,77H,12,14-15,18-21,24-25,30-37H2,1-11H3,(H,66,78)(H,67,79)(H,68,80)(H,69,75)(H,70,82)(H,71,84)(H3,64,65,83)/t40-,41-,46?,47+,48-,51+,52+,53+,54-,55-/m1/s1. The van der Waals surface area contributed by atoms with Crippen molar-refractivity contribution in [1.82, 2.24) is 41.7 Å². The molecular weight excluding hydrogens is 1140 g/mol. The lowest BCUT2D eigenvalue weighted by atomic mass is 9.80. The number of methoxy groups -OCH3 is 2. The van der Waals surface area contributed by atoms with Crippen LogP contribution in [0.2, 0.25) is 0 Å². The molecule has 25 heteroatoms. The zero-order chi connectivity index (χ0) is 65.3. The highest BCUT2D eigenvalue weighted by Crippen LogP contribution is 2.34. The fraction of sp³-hybridized carbons (Fsp3) is 0.667. The highest BCUT2D eigenvalue weighted by Gasteiger charge is 2.45. The van der Waals surface area contributed by atoms with Crippen molar-refractivity contribution < 1.29 is 72.3 Å². The van der Waals surface area contributed by atoms with E-state index in [1.807, 2.05) is 18.2 Å². The fourth-order valence-corrected chi connectivity index (χ4v) is 11.4. The first-order valence-corrected chi connectivity index (χ1v) is 30.9. The lowest BCUT2D eigenvalue weighted by molar-refractivity contribution is -0.148. The van der Waals surface area contributed by atoms with Crippen LogP contribution in [0.25, 0.3) is 0 Å². The van der Waals surface area contributed by atoms with Crippen molar-refractivity contribution in [3.05, 3.63) is 65.7 Å². The Balaban J connectivity index is 1.39. The SMILES string of the molecule is CO[C@H]([C@@H](C)C(=O)N[C@H](C)[C@@H](O)c1ccccc1)[C@@H]1CCCN1C(=O)C[C@@H](OC)[C@H](C1CCCCC1)N(C)C(=O)[C@@H](NC(=O)C(C)(C)NC(=O)OCc1ccc(NC(=O)C(CCCNC(N)=O)NC(=O)[C@@H](NC(=O)CCOCCO)C(C)C)cc1)C(C)C. The zero-order valence-corrected chi connectivity index (χ0v) is 53.4. The molecule has 88 heavy (non-hydrogen) atoms. The number of urea groups is 1. The number of nitrogens with one attached hydrogen (secondary N) is 7. The summed E-state index contributed by atoms with van der Waals surface area (Å²) in [5.74, 6) is -4.68. The molecule has 4 rings (SSSR count). The van der Waals surface area contributed by atoms with Crippen LogP contribution >= 0.6 is 0 Å². The molecule has 10 atom stereocenters. The molecule has 492 valence electrons. The number of nitrogens with zero attached hydrogens (tertiary/aromatic N) is 2. The number of carbonyl (C=O) groups is 9. The molecule has 2 fully saturated rings. The summed E-state index contributed by atoms with van der Waals surface area (Å²) in [6.07, 6.45) is 2.80. The van der Waals surface area contributed by atoms with Crippen molar-refractivity contribution in [3.63, 3.8) is 0 Å². The molecule has 0 aromatic heterocycles. The van der Waals surface area contributed by atoms with Gasteiger partial charge in [-0.1, -0.05) is 96.3 Å². The van der Waals surface area contributed by atoms with Gasteiger partial charge in [0.2, 0.25) is 41.4 Å². The van der Waals surface area contributed by atoms with Gasteiger partial charge in [-0.2, -0.15) is 0 Å². The van der Waals surface area contributed by atoms with E-state index in [1.54, 1.807) is 94.8 Å². The van der Waals surface area contributed by atoms with E-state index in [0.717, 1.165) is 32.1 Å². The summed E-state index contributed by atoms with van der Waals surface area (Å²) >= 11 is 0. The summed E-state index contributed by atoms with van der Waals surface area (Å²) < 4.78 is 22.8. The van der Waals surface area contributed by atoms with Crippen LogP contribution in [0.1, 0.15) is 143 Å². The summed E-state index contributed by atoms with van der Waals surface area (Å²) in [7, 11) is 4.74. The monoisotopic (exact) mass is 1240 g/mol. The maximum Gasteiger partial charge on any atom is 0.408 e. The van der Waals surface area contributed by atoms with Crippen LogP contribution in [-0.4, -0.2) is 182 Å². The molecule has 11 N–H and O–H groups in total. The molecular formula is C63H100N10O15. The van der Waals surface area contributed by atoms with Crippen molar-refractivity contribution in [3.8, 4) is 0 Å². The van der Waals surface area contributed by atoms with Crippen LogP contribution in [0.4, 0.5) is 15.3 Å². The normalized spacial score (nSPS) is 17.6. The lowest BCUT2D eigenvalue weighted by Gasteiger charge is -2.43. The molecule has 1 unspecified atom stereocenters. The maximum absolute atomic E-state index is 14.8. The number of benzene rings is 2. The van der Waals surface area contributed by atoms with Gasteiger partial charge in [0.05, 0.1) is 68.6 Å². The van der Waals surface area contributed by atoms with Gasteiger partial charge >= 0.3 is 12.1 Å². The number of carbonyl (C=O) groups excluding carboxylic acids is 9. The summed E-state index contributed by atoms with van der Waals surface area (Å²) in [5.41, 5.74) is 5.16. The van der Waals surface area contributed by atoms with Crippen LogP contribution in [-0.2, 0) is 59.1 Å². The summed E-state index contributed by atoms with van der Waals surface area (Å²) in [5, 5.41) is 39.0. The van der Waals surface area contributed by atoms with Gasteiger partial charge in [-0.05, 0) is 100 Å². The maximum atomic E-state index is 14.8. The predicted molar refractivity (Wildman–Crippen MR) is 330 cm³/mol. The number of ether oxygens (including phenoxy) is 4. The van der Waals surface area contributed by atoms with Crippen LogP contribution < -0.4 is 43.0 Å². The Kier molecular flexibility index (Phi) is 30.5. The number of aliphatic hydroxyl groups excluding tert-OH is 2. The molecule has 1 aliphatic carbocycles. The summed E-state index contributed by atoms with van der Waals surface area (Å²) in [4.78, 5) is 125. The van der Waals surface area contributed by atoms with Gasteiger partial charge in [-0.25, -0.2) is 9.59 Å². The number of anilines is 1. The van der Waals surface area contributed by atoms with Crippen molar-refractivity contribution in [2.24, 2.45) is 29.4 Å². The molecule has 2 aromatic carbocycles. The number of hydrogen-bond donors (Lipinski definition) is 10. The van der Waals surface area contributed by atoms with E-state index in [4.69, 9.17) is 29.8 Å². The third-order valence-electron chi connectivity index (χ3n) is 16.5. The molecule has 2 aromatic rings. The second kappa shape index (κ2) is 36.5. The minimum Gasteiger partial charge on any atom is -0.445 e. The number of amides is 10. The van der Waals surface area contributed by atoms with Crippen molar-refractivity contribution >= 4 is 59.2 Å². The average molecular weight is 1240 g/mol. The predicted octanol–water partition coefficient (Wildman–Crippen LogP) is 3.94. The molecule has 25 nitrogen and oxygen atoms in total. The first-order valence-electron chi connectivity index (χ1n) is 30.9. The van der Waals surface area contributed by atoms with Crippen LogP contribution in [0.15, 0.2) is 54.6 Å². The highest BCUT2D eigenvalue weighted by molar-refractivity contribution is 5.98. The van der Waals surface area contributed by atoms with Gasteiger partial charge in [-0.3, -0.25) is 33.6 Å². The molecule has 0 bridgehead atoms. The Morgan fingerprint density at radius 2 is 1.43 bits per heavy atom. The average Bonchev–Trinajstić information content (AvgIpc) is 4.23. The van der Waals surface area contributed by atoms with E-state index in [0.29, 0.717) is 36.2 Å². The Labute approximate surface area is 518 Å². The Bertz CT molecular complexity index is 2570. The molecule has 10 amide bonds. The van der Waals surface area contributed by atoms with Gasteiger partial charge in [0.1, 0.15) is 30.3 Å². The minimum atomic E-state index is -1.58. The first kappa shape index (κ1) is 73.5. The quantitative estimate of drug-likeness (QED) is 0.0437. The van der Waals surface area contributed by atoms with E-state index in [2.05, 4.69) is 37.2 Å². The van der Waals surface area contributed by atoms with Gasteiger partial charge in [0.25, 0.3) is 0 Å². The Hall–Kier alpha value is -6.93. The molecule has 0 spiro atoms. The second-order valence-corrected chi connectivity index (χ2v) is 24.3. The van der Waals surface area contributed by atoms with Crippen LogP contribution in [0.5, 0.6) is 0 Å². The van der Waals surface area contributed by atoms with E-state index in [-0.39, 0.29) is 82.3 Å². The number of hydrogen-bond acceptors (Lipinski definition) is 15. The van der Waals surface area contributed by atoms with Crippen LogP contribution in [0, 0.1) is 23.7 Å². The molecule has 1 aliphatic heterocycles. The van der Waals surface area contributed by atoms with Gasteiger partial charge in [0.15, 0.2) is 0 Å². The van der Waals surface area contributed by atoms with E-state index in [1.165, 1.54) is 28.1 Å². The van der Waals surface area contributed by atoms with Crippen LogP contribution in [0.3, 0.4) is 0 Å². The smallest absolute Gasteiger partial charge is 0.408 e. The third-order valence-corrected chi connectivity index (χ3v) is 16.5. The fourth-order valence-electron chi connectivity index (χ4n) is 11.4. The molecule has 1 heterocycles. The number of alkyl carbamates (subject to hydrolysis) is 1. The Morgan fingerprint density at radius 3 is 2.03 bits per heavy atom. The van der Waals surface area contributed by atoms with E-state index >= 15 is 0 Å². The van der Waals surface area contributed by atoms with Gasteiger partial charge < -0.3 is 81.9 Å². The van der Waals surface area contributed by atoms with Crippen molar-refractivity contribution in [1.29, 1.82) is 0 Å². The Morgan fingerprint density at radius 1 is 0.773 bits per heavy atom. The summed E-state index contributed by atoms with van der Waals surface area (Å²) in [6.45, 7) is 13.8. The molecule has 0 radical (unpaired) electrons. The van der Waals surface area contributed by atoms with Crippen molar-refractivity contribution in [2.75, 3.05) is 59.5 Å². The number of aliphatic hydroxyl groups is 2.